The normalized spacial score (nSPS) is 19.6. The first-order valence-corrected chi connectivity index (χ1v) is 10.3. The quantitative estimate of drug-likeness (QED) is 0.678. The number of aryl methyl sites for hydroxylation is 1. The Bertz CT molecular complexity index is 1040. The third-order valence-electron chi connectivity index (χ3n) is 5.78. The minimum atomic E-state index is -0.325. The van der Waals surface area contributed by atoms with Gasteiger partial charge in [0.25, 0.3) is 5.91 Å². The predicted molar refractivity (Wildman–Crippen MR) is 109 cm³/mol. The highest BCUT2D eigenvalue weighted by Crippen LogP contribution is 2.28. The molecule has 1 atom stereocenters. The molecule has 1 fully saturated rings. The molecule has 0 saturated carbocycles. The topological polar surface area (TPSA) is 56.6 Å². The SMILES string of the molecule is Cc1ccc(Cn2ccc3c4c(ncc32)C(=O)N(OC2CCCCO2)CC4)cc1. The number of benzene rings is 1. The van der Waals surface area contributed by atoms with Crippen LogP contribution >= 0.6 is 0 Å². The Kier molecular flexibility index (Phi) is 4.81. The van der Waals surface area contributed by atoms with Gasteiger partial charge in [-0.15, -0.1) is 0 Å². The lowest BCUT2D eigenvalue weighted by Crippen LogP contribution is -2.42. The number of pyridine rings is 1. The van der Waals surface area contributed by atoms with Gasteiger partial charge in [0.15, 0.2) is 6.29 Å². The fourth-order valence-electron chi connectivity index (χ4n) is 4.15. The van der Waals surface area contributed by atoms with Crippen molar-refractivity contribution < 1.29 is 14.4 Å². The summed E-state index contributed by atoms with van der Waals surface area (Å²) in [4.78, 5) is 23.3. The largest absolute Gasteiger partial charge is 0.350 e. The van der Waals surface area contributed by atoms with Crippen molar-refractivity contribution in [3.63, 3.8) is 0 Å². The third kappa shape index (κ3) is 3.54. The molecule has 4 heterocycles. The average Bonchev–Trinajstić information content (AvgIpc) is 3.15. The number of hydrogen-bond acceptors (Lipinski definition) is 4. The zero-order valence-electron chi connectivity index (χ0n) is 16.6. The maximum absolute atomic E-state index is 12.9. The summed E-state index contributed by atoms with van der Waals surface area (Å²) in [6.07, 6.45) is 7.23. The molecular weight excluding hydrogens is 366 g/mol. The second kappa shape index (κ2) is 7.61. The van der Waals surface area contributed by atoms with Crippen molar-refractivity contribution in [3.05, 3.63) is 65.1 Å². The van der Waals surface area contributed by atoms with E-state index in [2.05, 4.69) is 53.0 Å². The molecule has 0 N–H and O–H groups in total. The number of amides is 1. The van der Waals surface area contributed by atoms with Crippen LogP contribution in [0.3, 0.4) is 0 Å². The Labute approximate surface area is 170 Å². The van der Waals surface area contributed by atoms with Crippen LogP contribution in [0.2, 0.25) is 0 Å². The van der Waals surface area contributed by atoms with E-state index in [1.165, 1.54) is 16.2 Å². The molecule has 5 rings (SSSR count). The van der Waals surface area contributed by atoms with Crippen molar-refractivity contribution in [1.82, 2.24) is 14.6 Å². The van der Waals surface area contributed by atoms with E-state index in [1.807, 2.05) is 0 Å². The van der Waals surface area contributed by atoms with Gasteiger partial charge in [-0.2, -0.15) is 0 Å². The summed E-state index contributed by atoms with van der Waals surface area (Å²) in [5.74, 6) is -0.173. The van der Waals surface area contributed by atoms with Crippen molar-refractivity contribution in [3.8, 4) is 0 Å². The maximum Gasteiger partial charge on any atom is 0.296 e. The van der Waals surface area contributed by atoms with Gasteiger partial charge in [-0.05, 0) is 43.4 Å². The molecule has 2 aromatic heterocycles. The van der Waals surface area contributed by atoms with E-state index in [1.54, 1.807) is 6.20 Å². The zero-order chi connectivity index (χ0) is 19.8. The Morgan fingerprint density at radius 1 is 1.21 bits per heavy atom. The molecule has 150 valence electrons. The van der Waals surface area contributed by atoms with Gasteiger partial charge in [-0.25, -0.2) is 14.9 Å². The highest BCUT2D eigenvalue weighted by Gasteiger charge is 2.31. The van der Waals surface area contributed by atoms with Gasteiger partial charge in [-0.1, -0.05) is 29.8 Å². The van der Waals surface area contributed by atoms with Crippen LogP contribution in [0.1, 0.15) is 46.4 Å². The lowest BCUT2D eigenvalue weighted by molar-refractivity contribution is -0.267. The highest BCUT2D eigenvalue weighted by molar-refractivity contribution is 5.99. The number of nitrogens with zero attached hydrogens (tertiary/aromatic N) is 3. The number of rotatable bonds is 4. The standard InChI is InChI=1S/C23H25N3O3/c1-16-5-7-17(8-6-16)15-25-11-9-18-19-10-12-26(29-21-4-2-3-13-28-21)23(27)22(19)24-14-20(18)25/h5-9,11,14,21H,2-4,10,12-13,15H2,1H3. The van der Waals surface area contributed by atoms with Crippen molar-refractivity contribution >= 4 is 16.8 Å². The first-order chi connectivity index (χ1) is 14.2. The predicted octanol–water partition coefficient (Wildman–Crippen LogP) is 3.85. The molecule has 0 radical (unpaired) electrons. The van der Waals surface area contributed by atoms with E-state index >= 15 is 0 Å². The molecule has 2 aliphatic heterocycles. The molecule has 1 amide bonds. The average molecular weight is 391 g/mol. The van der Waals surface area contributed by atoms with Gasteiger partial charge in [0.2, 0.25) is 0 Å². The molecule has 0 bridgehead atoms. The van der Waals surface area contributed by atoms with Crippen LogP contribution in [0.4, 0.5) is 0 Å². The minimum absolute atomic E-state index is 0.173. The van der Waals surface area contributed by atoms with Gasteiger partial charge in [-0.3, -0.25) is 4.79 Å². The fraction of sp³-hybridized carbons (Fsp3) is 0.391. The van der Waals surface area contributed by atoms with Gasteiger partial charge in [0.1, 0.15) is 5.69 Å². The number of hydrogen-bond donors (Lipinski definition) is 0. The van der Waals surface area contributed by atoms with E-state index in [0.717, 1.165) is 48.7 Å². The van der Waals surface area contributed by atoms with E-state index in [4.69, 9.17) is 9.57 Å². The molecule has 1 saturated heterocycles. The van der Waals surface area contributed by atoms with Crippen LogP contribution < -0.4 is 0 Å². The summed E-state index contributed by atoms with van der Waals surface area (Å²) in [6, 6.07) is 10.7. The molecule has 0 spiro atoms. The van der Waals surface area contributed by atoms with Crippen LogP contribution in [0.25, 0.3) is 10.9 Å². The van der Waals surface area contributed by atoms with E-state index in [9.17, 15) is 4.79 Å². The van der Waals surface area contributed by atoms with Crippen LogP contribution in [-0.2, 0) is 22.5 Å². The third-order valence-corrected chi connectivity index (χ3v) is 5.78. The highest BCUT2D eigenvalue weighted by atomic mass is 16.8. The summed E-state index contributed by atoms with van der Waals surface area (Å²) in [6.45, 7) is 4.09. The molecule has 2 aliphatic rings. The molecule has 1 aromatic carbocycles. The minimum Gasteiger partial charge on any atom is -0.350 e. The number of fused-ring (bicyclic) bond motifs is 3. The summed E-state index contributed by atoms with van der Waals surface area (Å²) in [5, 5.41) is 2.53. The number of hydroxylamine groups is 2. The van der Waals surface area contributed by atoms with Gasteiger partial charge in [0, 0.05) is 31.2 Å². The first kappa shape index (κ1) is 18.3. The van der Waals surface area contributed by atoms with Crippen LogP contribution in [0.5, 0.6) is 0 Å². The summed E-state index contributed by atoms with van der Waals surface area (Å²) in [5.41, 5.74) is 5.06. The summed E-state index contributed by atoms with van der Waals surface area (Å²) < 4.78 is 7.81. The zero-order valence-corrected chi connectivity index (χ0v) is 16.6. The fourth-order valence-corrected chi connectivity index (χ4v) is 4.15. The lowest BCUT2D eigenvalue weighted by Gasteiger charge is -2.32. The smallest absolute Gasteiger partial charge is 0.296 e. The molecular formula is C23H25N3O3. The van der Waals surface area contributed by atoms with E-state index in [-0.39, 0.29) is 12.2 Å². The lowest BCUT2D eigenvalue weighted by atomic mass is 10.0. The number of aromatic nitrogens is 2. The summed E-state index contributed by atoms with van der Waals surface area (Å²) in [7, 11) is 0. The second-order valence-electron chi connectivity index (χ2n) is 7.87. The van der Waals surface area contributed by atoms with Crippen molar-refractivity contribution in [2.75, 3.05) is 13.2 Å². The van der Waals surface area contributed by atoms with Crippen LogP contribution in [0.15, 0.2) is 42.7 Å². The van der Waals surface area contributed by atoms with Crippen molar-refractivity contribution in [2.45, 2.75) is 45.4 Å². The maximum atomic E-state index is 12.9. The molecule has 1 unspecified atom stereocenters. The summed E-state index contributed by atoms with van der Waals surface area (Å²) >= 11 is 0. The first-order valence-electron chi connectivity index (χ1n) is 10.3. The number of carbonyl (C=O) groups excluding carboxylic acids is 1. The van der Waals surface area contributed by atoms with Gasteiger partial charge in [0.05, 0.1) is 18.3 Å². The number of ether oxygens (including phenoxy) is 1. The molecule has 0 aliphatic carbocycles. The van der Waals surface area contributed by atoms with Gasteiger partial charge < -0.3 is 9.30 Å². The molecule has 6 nitrogen and oxygen atoms in total. The van der Waals surface area contributed by atoms with Crippen molar-refractivity contribution in [2.24, 2.45) is 0 Å². The Morgan fingerprint density at radius 3 is 2.86 bits per heavy atom. The molecule has 3 aromatic rings. The Balaban J connectivity index is 1.39. The Hall–Kier alpha value is -2.70. The van der Waals surface area contributed by atoms with Crippen LogP contribution in [-0.4, -0.2) is 40.0 Å². The molecule has 29 heavy (non-hydrogen) atoms. The number of carbonyl (C=O) groups is 1. The van der Waals surface area contributed by atoms with Crippen LogP contribution in [0, 0.1) is 6.92 Å². The van der Waals surface area contributed by atoms with Gasteiger partial charge >= 0.3 is 0 Å². The van der Waals surface area contributed by atoms with E-state index < -0.39 is 0 Å². The Morgan fingerprint density at radius 2 is 2.07 bits per heavy atom. The van der Waals surface area contributed by atoms with Crippen molar-refractivity contribution in [1.29, 1.82) is 0 Å². The second-order valence-corrected chi connectivity index (χ2v) is 7.87. The molecule has 6 heteroatoms. The van der Waals surface area contributed by atoms with E-state index in [0.29, 0.717) is 18.8 Å². The monoisotopic (exact) mass is 391 g/mol.